The Morgan fingerprint density at radius 3 is 2.24 bits per heavy atom. The highest BCUT2D eigenvalue weighted by Crippen LogP contribution is 2.31. The van der Waals surface area contributed by atoms with E-state index >= 15 is 0 Å². The van der Waals surface area contributed by atoms with Gasteiger partial charge in [0.2, 0.25) is 5.91 Å². The quantitative estimate of drug-likeness (QED) is 0.379. The van der Waals surface area contributed by atoms with E-state index in [4.69, 9.17) is 4.74 Å². The summed E-state index contributed by atoms with van der Waals surface area (Å²) in [4.78, 5) is 17.2. The Bertz CT molecular complexity index is 1270. The van der Waals surface area contributed by atoms with Gasteiger partial charge in [0.25, 0.3) is 0 Å². The first-order valence-corrected chi connectivity index (χ1v) is 12.3. The number of piperazine rings is 1. The fraction of sp³-hybridized carbons (Fsp3) is 0.222. The van der Waals surface area contributed by atoms with Crippen LogP contribution in [0, 0.1) is 0 Å². The first kappa shape index (κ1) is 22.2. The zero-order valence-electron chi connectivity index (χ0n) is 19.1. The number of nitrogens with zero attached hydrogens (tertiary/aromatic N) is 4. The molecule has 34 heavy (non-hydrogen) atoms. The third-order valence-electron chi connectivity index (χ3n) is 6.10. The smallest absolute Gasteiger partial charge is 0.233 e. The van der Waals surface area contributed by atoms with Crippen LogP contribution in [0.3, 0.4) is 0 Å². The van der Waals surface area contributed by atoms with Crippen LogP contribution in [0.4, 0.5) is 5.69 Å². The number of thioether (sulfide) groups is 1. The Hall–Kier alpha value is -3.58. The fourth-order valence-electron chi connectivity index (χ4n) is 4.22. The van der Waals surface area contributed by atoms with Gasteiger partial charge in [-0.05, 0) is 24.3 Å². The molecule has 0 spiro atoms. The van der Waals surface area contributed by atoms with Crippen molar-refractivity contribution in [3.8, 4) is 17.0 Å². The van der Waals surface area contributed by atoms with Gasteiger partial charge in [0.05, 0.1) is 12.9 Å². The highest BCUT2D eigenvalue weighted by molar-refractivity contribution is 8.00. The number of fused-ring (bicyclic) bond motifs is 1. The Labute approximate surface area is 203 Å². The largest absolute Gasteiger partial charge is 0.497 e. The van der Waals surface area contributed by atoms with E-state index in [-0.39, 0.29) is 5.91 Å². The van der Waals surface area contributed by atoms with Crippen molar-refractivity contribution in [3.63, 3.8) is 0 Å². The molecule has 1 aliphatic rings. The molecule has 4 aromatic rings. The summed E-state index contributed by atoms with van der Waals surface area (Å²) in [6.07, 6.45) is 0. The predicted molar refractivity (Wildman–Crippen MR) is 137 cm³/mol. The molecule has 0 N–H and O–H groups in total. The van der Waals surface area contributed by atoms with Crippen LogP contribution < -0.4 is 9.64 Å². The Kier molecular flexibility index (Phi) is 6.62. The lowest BCUT2D eigenvalue weighted by Crippen LogP contribution is -2.49. The topological polar surface area (TPSA) is 58.6 Å². The average molecular weight is 471 g/mol. The van der Waals surface area contributed by atoms with E-state index < -0.39 is 0 Å². The van der Waals surface area contributed by atoms with E-state index in [0.29, 0.717) is 18.8 Å². The molecule has 6 nitrogen and oxygen atoms in total. The van der Waals surface area contributed by atoms with Crippen LogP contribution >= 0.6 is 11.8 Å². The van der Waals surface area contributed by atoms with Crippen LogP contribution in [-0.2, 0) is 4.79 Å². The summed E-state index contributed by atoms with van der Waals surface area (Å²) >= 11 is 1.46. The summed E-state index contributed by atoms with van der Waals surface area (Å²) in [5.74, 6) is 1.34. The van der Waals surface area contributed by atoms with Crippen molar-refractivity contribution >= 4 is 34.1 Å². The highest BCUT2D eigenvalue weighted by atomic mass is 32.2. The van der Waals surface area contributed by atoms with E-state index in [1.54, 1.807) is 7.11 Å². The summed E-state index contributed by atoms with van der Waals surface area (Å²) < 4.78 is 5.24. The maximum Gasteiger partial charge on any atom is 0.233 e. The Morgan fingerprint density at radius 2 is 1.53 bits per heavy atom. The van der Waals surface area contributed by atoms with E-state index in [0.717, 1.165) is 51.6 Å². The first-order chi connectivity index (χ1) is 16.7. The van der Waals surface area contributed by atoms with Crippen LogP contribution in [0.2, 0.25) is 0 Å². The van der Waals surface area contributed by atoms with Gasteiger partial charge >= 0.3 is 0 Å². The molecule has 3 aromatic carbocycles. The molecule has 2 heterocycles. The average Bonchev–Trinajstić information content (AvgIpc) is 2.92. The molecule has 7 heteroatoms. The molecular weight excluding hydrogens is 444 g/mol. The molecule has 0 atom stereocenters. The Balaban J connectivity index is 1.23. The standard InChI is InChI=1S/C27H26N4O2S/c1-33-22-13-11-21(12-14-22)30-15-17-31(18-16-30)25(32)19-34-27-24-10-6-5-9-23(24)26(28-29-27)20-7-3-2-4-8-20/h2-14H,15-19H2,1H3. The lowest BCUT2D eigenvalue weighted by atomic mass is 10.1. The second-order valence-electron chi connectivity index (χ2n) is 8.12. The molecule has 1 aliphatic heterocycles. The van der Waals surface area contributed by atoms with Gasteiger partial charge in [-0.2, -0.15) is 0 Å². The minimum absolute atomic E-state index is 0.136. The van der Waals surface area contributed by atoms with Crippen molar-refractivity contribution in [2.24, 2.45) is 0 Å². The van der Waals surface area contributed by atoms with Crippen LogP contribution in [0.25, 0.3) is 22.0 Å². The van der Waals surface area contributed by atoms with Crippen molar-refractivity contribution in [3.05, 3.63) is 78.9 Å². The lowest BCUT2D eigenvalue weighted by Gasteiger charge is -2.36. The molecule has 1 saturated heterocycles. The van der Waals surface area contributed by atoms with Gasteiger partial charge in [-0.3, -0.25) is 4.79 Å². The number of amides is 1. The number of aromatic nitrogens is 2. The van der Waals surface area contributed by atoms with Gasteiger partial charge in [-0.25, -0.2) is 0 Å². The van der Waals surface area contributed by atoms with Crippen molar-refractivity contribution in [1.82, 2.24) is 15.1 Å². The monoisotopic (exact) mass is 470 g/mol. The van der Waals surface area contributed by atoms with Crippen LogP contribution in [0.1, 0.15) is 0 Å². The van der Waals surface area contributed by atoms with Crippen LogP contribution in [0.5, 0.6) is 5.75 Å². The third kappa shape index (κ3) is 4.70. The number of ether oxygens (including phenoxy) is 1. The third-order valence-corrected chi connectivity index (χ3v) is 7.07. The number of anilines is 1. The van der Waals surface area contributed by atoms with E-state index in [2.05, 4.69) is 39.4 Å². The zero-order valence-corrected chi connectivity index (χ0v) is 19.9. The fourth-order valence-corrected chi connectivity index (χ4v) is 5.10. The molecule has 0 radical (unpaired) electrons. The van der Waals surface area contributed by atoms with E-state index in [1.807, 2.05) is 59.5 Å². The molecule has 0 unspecified atom stereocenters. The molecule has 5 rings (SSSR count). The Morgan fingerprint density at radius 1 is 0.853 bits per heavy atom. The SMILES string of the molecule is COc1ccc(N2CCN(C(=O)CSc3nnc(-c4ccccc4)c4ccccc34)CC2)cc1. The number of hydrogen-bond donors (Lipinski definition) is 0. The normalized spacial score (nSPS) is 13.8. The highest BCUT2D eigenvalue weighted by Gasteiger charge is 2.22. The summed E-state index contributed by atoms with van der Waals surface area (Å²) in [6.45, 7) is 3.06. The number of carbonyl (C=O) groups excluding carboxylic acids is 1. The summed E-state index contributed by atoms with van der Waals surface area (Å²) in [6, 6.07) is 26.3. The van der Waals surface area contributed by atoms with Crippen LogP contribution in [-0.4, -0.2) is 60.0 Å². The zero-order chi connectivity index (χ0) is 23.3. The molecule has 172 valence electrons. The molecule has 1 aromatic heterocycles. The van der Waals surface area contributed by atoms with Gasteiger partial charge < -0.3 is 14.5 Å². The van der Waals surface area contributed by atoms with Gasteiger partial charge in [-0.1, -0.05) is 66.4 Å². The van der Waals surface area contributed by atoms with Gasteiger partial charge in [0, 0.05) is 48.2 Å². The van der Waals surface area contributed by atoms with Crippen molar-refractivity contribution in [2.75, 3.05) is 43.9 Å². The minimum atomic E-state index is 0.136. The molecule has 1 fully saturated rings. The van der Waals surface area contributed by atoms with Crippen molar-refractivity contribution in [2.45, 2.75) is 5.03 Å². The molecule has 0 saturated carbocycles. The predicted octanol–water partition coefficient (Wildman–Crippen LogP) is 4.75. The van der Waals surface area contributed by atoms with Gasteiger partial charge in [0.1, 0.15) is 16.5 Å². The van der Waals surface area contributed by atoms with Gasteiger partial charge in [0.15, 0.2) is 0 Å². The molecule has 0 bridgehead atoms. The number of carbonyl (C=O) groups is 1. The molecule has 0 aliphatic carbocycles. The second-order valence-corrected chi connectivity index (χ2v) is 9.08. The molecular formula is C27H26N4O2S. The minimum Gasteiger partial charge on any atom is -0.497 e. The van der Waals surface area contributed by atoms with Crippen molar-refractivity contribution in [1.29, 1.82) is 0 Å². The maximum atomic E-state index is 12.9. The number of hydrogen-bond acceptors (Lipinski definition) is 6. The number of methoxy groups -OCH3 is 1. The summed E-state index contributed by atoms with van der Waals surface area (Å²) in [5, 5.41) is 11.9. The van der Waals surface area contributed by atoms with Gasteiger partial charge in [-0.15, -0.1) is 10.2 Å². The van der Waals surface area contributed by atoms with E-state index in [9.17, 15) is 4.79 Å². The summed E-state index contributed by atoms with van der Waals surface area (Å²) in [5.41, 5.74) is 3.05. The van der Waals surface area contributed by atoms with Crippen molar-refractivity contribution < 1.29 is 9.53 Å². The second kappa shape index (κ2) is 10.1. The number of benzene rings is 3. The van der Waals surface area contributed by atoms with E-state index in [1.165, 1.54) is 11.8 Å². The lowest BCUT2D eigenvalue weighted by molar-refractivity contribution is -0.128. The first-order valence-electron chi connectivity index (χ1n) is 11.3. The maximum absolute atomic E-state index is 12.9. The number of rotatable bonds is 6. The summed E-state index contributed by atoms with van der Waals surface area (Å²) in [7, 11) is 1.67. The molecule has 1 amide bonds. The van der Waals surface area contributed by atoms with Crippen LogP contribution in [0.15, 0.2) is 83.9 Å².